The lowest BCUT2D eigenvalue weighted by atomic mass is 9.91. The van der Waals surface area contributed by atoms with Gasteiger partial charge in [0.1, 0.15) is 11.5 Å². The van der Waals surface area contributed by atoms with Crippen molar-refractivity contribution in [2.45, 2.75) is 26.2 Å². The van der Waals surface area contributed by atoms with Crippen LogP contribution >= 0.6 is 0 Å². The molecule has 4 heteroatoms. The summed E-state index contributed by atoms with van der Waals surface area (Å²) in [4.78, 5) is 11.7. The maximum Gasteiger partial charge on any atom is 0.311 e. The van der Waals surface area contributed by atoms with Crippen LogP contribution in [-0.4, -0.2) is 22.8 Å². The molecule has 1 atom stereocenters. The van der Waals surface area contributed by atoms with Crippen LogP contribution in [-0.2, 0) is 11.2 Å². The minimum Gasteiger partial charge on any atom is -0.508 e. The van der Waals surface area contributed by atoms with Gasteiger partial charge in [-0.15, -0.1) is 0 Å². The van der Waals surface area contributed by atoms with Gasteiger partial charge >= 0.3 is 5.97 Å². The van der Waals surface area contributed by atoms with E-state index in [1.165, 1.54) is 12.1 Å². The number of aliphatic carboxylic acids is 1. The second-order valence-corrected chi connectivity index (χ2v) is 6.00. The lowest BCUT2D eigenvalue weighted by Crippen LogP contribution is -2.15. The smallest absolute Gasteiger partial charge is 0.311 e. The Balaban J connectivity index is 2.25. The molecule has 0 heterocycles. The largest absolute Gasteiger partial charge is 0.508 e. The number of phenols is 1. The van der Waals surface area contributed by atoms with Crippen molar-refractivity contribution in [3.05, 3.63) is 59.7 Å². The van der Waals surface area contributed by atoms with Crippen LogP contribution in [0.1, 0.15) is 30.9 Å². The molecule has 2 N–H and O–H groups in total. The fourth-order valence-corrected chi connectivity index (χ4v) is 2.38. The Morgan fingerprint density at radius 2 is 1.87 bits per heavy atom. The molecule has 23 heavy (non-hydrogen) atoms. The molecule has 0 saturated carbocycles. The summed E-state index contributed by atoms with van der Waals surface area (Å²) in [6.07, 6.45) is 0.313. The number of carboxylic acids is 1. The summed E-state index contributed by atoms with van der Waals surface area (Å²) in [5.41, 5.74) is 1.43. The zero-order valence-electron chi connectivity index (χ0n) is 13.4. The van der Waals surface area contributed by atoms with Crippen LogP contribution in [0.2, 0.25) is 0 Å². The lowest BCUT2D eigenvalue weighted by Gasteiger charge is -2.17. The van der Waals surface area contributed by atoms with Gasteiger partial charge in [-0.3, -0.25) is 4.79 Å². The Labute approximate surface area is 136 Å². The first-order chi connectivity index (χ1) is 11.0. The van der Waals surface area contributed by atoms with Crippen LogP contribution in [0.25, 0.3) is 0 Å². The molecule has 0 aliphatic rings. The van der Waals surface area contributed by atoms with E-state index in [9.17, 15) is 15.0 Å². The molecule has 0 fully saturated rings. The van der Waals surface area contributed by atoms with Gasteiger partial charge in [-0.1, -0.05) is 44.2 Å². The molecular formula is C19H22O4. The third-order valence-corrected chi connectivity index (χ3v) is 3.54. The fourth-order valence-electron chi connectivity index (χ4n) is 2.38. The maximum absolute atomic E-state index is 11.7. The van der Waals surface area contributed by atoms with Gasteiger partial charge in [0, 0.05) is 0 Å². The molecule has 4 nitrogen and oxygen atoms in total. The molecule has 0 aliphatic carbocycles. The Kier molecular flexibility index (Phi) is 5.63. The van der Waals surface area contributed by atoms with E-state index in [-0.39, 0.29) is 5.75 Å². The second kappa shape index (κ2) is 7.68. The number of phenolic OH excluding ortho intramolecular Hbond substituents is 1. The van der Waals surface area contributed by atoms with E-state index in [1.54, 1.807) is 12.1 Å². The SMILES string of the molecule is CC(C)COc1ccccc1CC(C(=O)O)c1cccc(O)c1. The number of carboxylic acid groups (broad SMARTS) is 1. The molecule has 0 radical (unpaired) electrons. The lowest BCUT2D eigenvalue weighted by molar-refractivity contribution is -0.138. The van der Waals surface area contributed by atoms with Crippen molar-refractivity contribution in [2.24, 2.45) is 5.92 Å². The number of benzene rings is 2. The third-order valence-electron chi connectivity index (χ3n) is 3.54. The van der Waals surface area contributed by atoms with Crippen LogP contribution in [0.4, 0.5) is 0 Å². The predicted octanol–water partition coefficient (Wildman–Crippen LogP) is 3.84. The molecule has 0 bridgehead atoms. The zero-order valence-corrected chi connectivity index (χ0v) is 13.4. The van der Waals surface area contributed by atoms with Gasteiger partial charge in [-0.2, -0.15) is 0 Å². The van der Waals surface area contributed by atoms with Crippen LogP contribution < -0.4 is 4.74 Å². The molecule has 122 valence electrons. The number of ether oxygens (including phenoxy) is 1. The normalized spacial score (nSPS) is 12.1. The van der Waals surface area contributed by atoms with E-state index in [0.717, 1.165) is 5.56 Å². The Bertz CT molecular complexity index is 664. The highest BCUT2D eigenvalue weighted by molar-refractivity contribution is 5.77. The van der Waals surface area contributed by atoms with Crippen LogP contribution in [0.15, 0.2) is 48.5 Å². The van der Waals surface area contributed by atoms with E-state index in [0.29, 0.717) is 30.3 Å². The van der Waals surface area contributed by atoms with Crippen molar-refractivity contribution >= 4 is 5.97 Å². The minimum absolute atomic E-state index is 0.0677. The zero-order chi connectivity index (χ0) is 16.8. The van der Waals surface area contributed by atoms with Gasteiger partial charge in [0.25, 0.3) is 0 Å². The van der Waals surface area contributed by atoms with Gasteiger partial charge in [0.15, 0.2) is 0 Å². The predicted molar refractivity (Wildman–Crippen MR) is 89.0 cm³/mol. The van der Waals surface area contributed by atoms with Gasteiger partial charge in [0.2, 0.25) is 0 Å². The molecule has 0 saturated heterocycles. The van der Waals surface area contributed by atoms with Crippen molar-refractivity contribution < 1.29 is 19.7 Å². The van der Waals surface area contributed by atoms with Crippen LogP contribution in [0.5, 0.6) is 11.5 Å². The van der Waals surface area contributed by atoms with Crippen molar-refractivity contribution in [1.29, 1.82) is 0 Å². The molecule has 0 aliphatic heterocycles. The fraction of sp³-hybridized carbons (Fsp3) is 0.316. The molecule has 0 aromatic heterocycles. The van der Waals surface area contributed by atoms with Gasteiger partial charge in [-0.25, -0.2) is 0 Å². The number of rotatable bonds is 7. The third kappa shape index (κ3) is 4.74. The van der Waals surface area contributed by atoms with Crippen LogP contribution in [0.3, 0.4) is 0 Å². The summed E-state index contributed by atoms with van der Waals surface area (Å²) in [5, 5.41) is 19.2. The van der Waals surface area contributed by atoms with E-state index in [4.69, 9.17) is 4.74 Å². The monoisotopic (exact) mass is 314 g/mol. The van der Waals surface area contributed by atoms with Crippen molar-refractivity contribution in [3.63, 3.8) is 0 Å². The highest BCUT2D eigenvalue weighted by Crippen LogP contribution is 2.28. The minimum atomic E-state index is -0.922. The first-order valence-corrected chi connectivity index (χ1v) is 7.69. The quantitative estimate of drug-likeness (QED) is 0.815. The number of aromatic hydroxyl groups is 1. The molecule has 2 rings (SSSR count). The molecule has 2 aromatic carbocycles. The number of carbonyl (C=O) groups is 1. The number of hydrogen-bond donors (Lipinski definition) is 2. The van der Waals surface area contributed by atoms with Gasteiger partial charge in [0.05, 0.1) is 12.5 Å². The summed E-state index contributed by atoms with van der Waals surface area (Å²) >= 11 is 0. The standard InChI is InChI=1S/C19H22O4/c1-13(2)12-23-18-9-4-3-6-15(18)11-17(19(21)22)14-7-5-8-16(20)10-14/h3-10,13,17,20H,11-12H2,1-2H3,(H,21,22). The topological polar surface area (TPSA) is 66.8 Å². The molecule has 0 amide bonds. The summed E-state index contributed by atoms with van der Waals surface area (Å²) < 4.78 is 5.80. The molecular weight excluding hydrogens is 292 g/mol. The number of hydrogen-bond acceptors (Lipinski definition) is 3. The van der Waals surface area contributed by atoms with E-state index in [1.807, 2.05) is 24.3 Å². The highest BCUT2D eigenvalue weighted by Gasteiger charge is 2.22. The Hall–Kier alpha value is -2.49. The van der Waals surface area contributed by atoms with Crippen molar-refractivity contribution in [2.75, 3.05) is 6.61 Å². The molecule has 1 unspecified atom stereocenters. The van der Waals surface area contributed by atoms with Gasteiger partial charge in [-0.05, 0) is 41.7 Å². The first-order valence-electron chi connectivity index (χ1n) is 7.69. The Morgan fingerprint density at radius 1 is 1.13 bits per heavy atom. The summed E-state index contributed by atoms with van der Waals surface area (Å²) in [6.45, 7) is 4.71. The summed E-state index contributed by atoms with van der Waals surface area (Å²) in [5.74, 6) is -0.477. The summed E-state index contributed by atoms with van der Waals surface area (Å²) in [7, 11) is 0. The van der Waals surface area contributed by atoms with E-state index < -0.39 is 11.9 Å². The second-order valence-electron chi connectivity index (χ2n) is 6.00. The van der Waals surface area contributed by atoms with Gasteiger partial charge < -0.3 is 14.9 Å². The average Bonchev–Trinajstić information content (AvgIpc) is 2.51. The van der Waals surface area contributed by atoms with E-state index in [2.05, 4.69) is 13.8 Å². The maximum atomic E-state index is 11.7. The molecule has 2 aromatic rings. The Morgan fingerprint density at radius 3 is 2.52 bits per heavy atom. The first kappa shape index (κ1) is 16.9. The summed E-state index contributed by atoms with van der Waals surface area (Å²) in [6, 6.07) is 13.9. The average molecular weight is 314 g/mol. The van der Waals surface area contributed by atoms with E-state index >= 15 is 0 Å². The number of para-hydroxylation sites is 1. The van der Waals surface area contributed by atoms with Crippen LogP contribution in [0, 0.1) is 5.92 Å². The molecule has 0 spiro atoms. The highest BCUT2D eigenvalue weighted by atomic mass is 16.5. The van der Waals surface area contributed by atoms with Crippen molar-refractivity contribution in [1.82, 2.24) is 0 Å². The van der Waals surface area contributed by atoms with Crippen molar-refractivity contribution in [3.8, 4) is 11.5 Å².